The van der Waals surface area contributed by atoms with Crippen molar-refractivity contribution in [3.8, 4) is 16.5 Å². The van der Waals surface area contributed by atoms with E-state index in [9.17, 15) is 0 Å². The average molecular weight is 353 g/mol. The minimum absolute atomic E-state index is 0.540. The van der Waals surface area contributed by atoms with Crippen molar-refractivity contribution in [2.75, 3.05) is 0 Å². The van der Waals surface area contributed by atoms with E-state index >= 15 is 0 Å². The normalized spacial score (nSPS) is 20.4. The number of hydrogen-bond acceptors (Lipinski definition) is 4. The summed E-state index contributed by atoms with van der Waals surface area (Å²) in [5.41, 5.74) is 2.54. The lowest BCUT2D eigenvalue weighted by Gasteiger charge is -2.33. The minimum atomic E-state index is 0.540. The molecule has 6 heteroatoms. The first-order valence-corrected chi connectivity index (χ1v) is 10.3. The van der Waals surface area contributed by atoms with Crippen LogP contribution in [-0.4, -0.2) is 24.5 Å². The van der Waals surface area contributed by atoms with Crippen LogP contribution in [0, 0.1) is 5.92 Å². The molecule has 5 rings (SSSR count). The van der Waals surface area contributed by atoms with Gasteiger partial charge < -0.3 is 4.57 Å². The quantitative estimate of drug-likeness (QED) is 0.700. The van der Waals surface area contributed by atoms with Crippen molar-refractivity contribution < 1.29 is 0 Å². The summed E-state index contributed by atoms with van der Waals surface area (Å²) in [6, 6.07) is 4.21. The molecule has 25 heavy (non-hydrogen) atoms. The predicted octanol–water partition coefficient (Wildman–Crippen LogP) is 4.43. The molecule has 0 aromatic carbocycles. The van der Waals surface area contributed by atoms with Gasteiger partial charge in [-0.15, -0.1) is 21.5 Å². The van der Waals surface area contributed by atoms with Crippen molar-refractivity contribution in [3.05, 3.63) is 35.1 Å². The molecule has 5 nitrogen and oxygen atoms in total. The van der Waals surface area contributed by atoms with Gasteiger partial charge in [0.1, 0.15) is 16.5 Å². The van der Waals surface area contributed by atoms with Gasteiger partial charge in [0.25, 0.3) is 0 Å². The topological polar surface area (TPSA) is 48.5 Å². The van der Waals surface area contributed by atoms with Crippen molar-refractivity contribution in [2.45, 2.75) is 57.9 Å². The van der Waals surface area contributed by atoms with Gasteiger partial charge in [0.15, 0.2) is 5.82 Å². The second-order valence-electron chi connectivity index (χ2n) is 7.22. The van der Waals surface area contributed by atoms with Crippen molar-refractivity contribution in [2.24, 2.45) is 5.92 Å². The molecule has 0 saturated heterocycles. The number of nitrogens with zero attached hydrogens (tertiary/aromatic N) is 5. The Hall–Kier alpha value is -1.95. The van der Waals surface area contributed by atoms with Crippen LogP contribution in [0.4, 0.5) is 0 Å². The first kappa shape index (κ1) is 15.3. The third-order valence-electron chi connectivity index (χ3n) is 5.87. The van der Waals surface area contributed by atoms with Crippen molar-refractivity contribution >= 4 is 11.3 Å². The summed E-state index contributed by atoms with van der Waals surface area (Å²) in [7, 11) is 0. The summed E-state index contributed by atoms with van der Waals surface area (Å²) in [6.45, 7) is 3.18. The summed E-state index contributed by atoms with van der Waals surface area (Å²) < 4.78 is 4.43. The molecule has 1 aliphatic heterocycles. The molecule has 0 bridgehead atoms. The second kappa shape index (κ2) is 6.09. The van der Waals surface area contributed by atoms with Crippen LogP contribution >= 0.6 is 11.3 Å². The number of aromatic nitrogens is 5. The standard InChI is InChI=1S/C19H23N5S/c1-2-16-21-22-19-18-14(11-20-24(18)17-9-6-10-25-17)15(12-23(16)19)13-7-4-3-5-8-13/h6,9-11,13,15H,2-5,7-8,12H2,1H3. The zero-order chi connectivity index (χ0) is 16.8. The Labute approximate surface area is 151 Å². The van der Waals surface area contributed by atoms with Gasteiger partial charge in [0, 0.05) is 24.4 Å². The molecule has 1 aliphatic carbocycles. The molecule has 0 spiro atoms. The van der Waals surface area contributed by atoms with Crippen LogP contribution in [0.2, 0.25) is 0 Å². The maximum Gasteiger partial charge on any atom is 0.183 e. The SMILES string of the molecule is CCc1nnc2n1CC(C1CCCCC1)c1cnn(-c3cccs3)c1-2. The number of aryl methyl sites for hydroxylation is 1. The summed E-state index contributed by atoms with van der Waals surface area (Å²) in [5, 5.41) is 17.0. The number of rotatable bonds is 3. The molecule has 130 valence electrons. The third kappa shape index (κ3) is 2.38. The van der Waals surface area contributed by atoms with Gasteiger partial charge in [-0.1, -0.05) is 26.2 Å². The van der Waals surface area contributed by atoms with E-state index in [2.05, 4.69) is 50.1 Å². The van der Waals surface area contributed by atoms with E-state index in [4.69, 9.17) is 5.10 Å². The summed E-state index contributed by atoms with van der Waals surface area (Å²) >= 11 is 1.72. The van der Waals surface area contributed by atoms with Crippen molar-refractivity contribution in [1.29, 1.82) is 0 Å². The molecular weight excluding hydrogens is 330 g/mol. The third-order valence-corrected chi connectivity index (χ3v) is 6.71. The summed E-state index contributed by atoms with van der Waals surface area (Å²) in [6.07, 6.45) is 9.82. The van der Waals surface area contributed by atoms with Gasteiger partial charge in [-0.25, -0.2) is 4.68 Å². The number of thiophene rings is 1. The molecular formula is C19H23N5S. The Morgan fingerprint density at radius 1 is 1.20 bits per heavy atom. The minimum Gasteiger partial charge on any atom is -0.309 e. The average Bonchev–Trinajstić information content (AvgIpc) is 3.39. The fourth-order valence-electron chi connectivity index (χ4n) is 4.61. The Kier molecular flexibility index (Phi) is 3.73. The van der Waals surface area contributed by atoms with Gasteiger partial charge in [-0.3, -0.25) is 0 Å². The molecule has 4 heterocycles. The van der Waals surface area contributed by atoms with E-state index in [-0.39, 0.29) is 0 Å². The van der Waals surface area contributed by atoms with E-state index < -0.39 is 0 Å². The Morgan fingerprint density at radius 3 is 2.84 bits per heavy atom. The number of hydrogen-bond donors (Lipinski definition) is 0. The largest absolute Gasteiger partial charge is 0.309 e. The predicted molar refractivity (Wildman–Crippen MR) is 99.2 cm³/mol. The first-order valence-electron chi connectivity index (χ1n) is 9.41. The van der Waals surface area contributed by atoms with E-state index in [1.165, 1.54) is 37.7 Å². The summed E-state index contributed by atoms with van der Waals surface area (Å²) in [5.74, 6) is 3.39. The Morgan fingerprint density at radius 2 is 2.08 bits per heavy atom. The highest BCUT2D eigenvalue weighted by molar-refractivity contribution is 7.12. The molecule has 2 aliphatic rings. The lowest BCUT2D eigenvalue weighted by Crippen LogP contribution is -2.26. The molecule has 1 atom stereocenters. The number of fused-ring (bicyclic) bond motifs is 3. The van der Waals surface area contributed by atoms with Crippen LogP contribution in [0.15, 0.2) is 23.7 Å². The van der Waals surface area contributed by atoms with Crippen molar-refractivity contribution in [1.82, 2.24) is 24.5 Å². The van der Waals surface area contributed by atoms with Crippen molar-refractivity contribution in [3.63, 3.8) is 0 Å². The molecule has 0 amide bonds. The maximum absolute atomic E-state index is 4.77. The smallest absolute Gasteiger partial charge is 0.183 e. The Bertz CT molecular complexity index is 870. The fraction of sp³-hybridized carbons (Fsp3) is 0.526. The van der Waals surface area contributed by atoms with Crippen LogP contribution < -0.4 is 0 Å². The van der Waals surface area contributed by atoms with E-state index in [1.807, 2.05) is 0 Å². The van der Waals surface area contributed by atoms with Crippen LogP contribution in [-0.2, 0) is 13.0 Å². The van der Waals surface area contributed by atoms with Crippen LogP contribution in [0.3, 0.4) is 0 Å². The highest BCUT2D eigenvalue weighted by Gasteiger charge is 2.36. The zero-order valence-electron chi connectivity index (χ0n) is 14.6. The van der Waals surface area contributed by atoms with Gasteiger partial charge >= 0.3 is 0 Å². The van der Waals surface area contributed by atoms with E-state index in [0.717, 1.165) is 41.2 Å². The van der Waals surface area contributed by atoms with E-state index in [0.29, 0.717) is 5.92 Å². The molecule has 1 unspecified atom stereocenters. The fourth-order valence-corrected chi connectivity index (χ4v) is 5.30. The molecule has 1 saturated carbocycles. The molecule has 0 radical (unpaired) electrons. The summed E-state index contributed by atoms with van der Waals surface area (Å²) in [4.78, 5) is 0. The molecule has 3 aromatic rings. The van der Waals surface area contributed by atoms with Crippen LogP contribution in [0.25, 0.3) is 16.5 Å². The van der Waals surface area contributed by atoms with Crippen LogP contribution in [0.1, 0.15) is 56.3 Å². The molecule has 3 aromatic heterocycles. The highest BCUT2D eigenvalue weighted by Crippen LogP contribution is 2.44. The first-order chi connectivity index (χ1) is 12.4. The van der Waals surface area contributed by atoms with E-state index in [1.54, 1.807) is 11.3 Å². The second-order valence-corrected chi connectivity index (χ2v) is 8.15. The van der Waals surface area contributed by atoms with Gasteiger partial charge in [-0.2, -0.15) is 5.10 Å². The van der Waals surface area contributed by atoms with Crippen LogP contribution in [0.5, 0.6) is 0 Å². The highest BCUT2D eigenvalue weighted by atomic mass is 32.1. The zero-order valence-corrected chi connectivity index (χ0v) is 15.4. The lowest BCUT2D eigenvalue weighted by molar-refractivity contribution is 0.280. The maximum atomic E-state index is 4.77. The monoisotopic (exact) mass is 353 g/mol. The molecule has 1 fully saturated rings. The van der Waals surface area contributed by atoms with Gasteiger partial charge in [0.2, 0.25) is 0 Å². The Balaban J connectivity index is 1.67. The molecule has 0 N–H and O–H groups in total. The van der Waals surface area contributed by atoms with Gasteiger partial charge in [0.05, 0.1) is 6.20 Å². The van der Waals surface area contributed by atoms with Gasteiger partial charge in [-0.05, 0) is 36.3 Å². The lowest BCUT2D eigenvalue weighted by atomic mass is 9.75.